The second kappa shape index (κ2) is 7.07. The molecule has 152 valence electrons. The highest BCUT2D eigenvalue weighted by atomic mass is 32.2. The van der Waals surface area contributed by atoms with Gasteiger partial charge in [0.15, 0.2) is 5.75 Å². The van der Waals surface area contributed by atoms with Gasteiger partial charge in [0.25, 0.3) is 10.0 Å². The van der Waals surface area contributed by atoms with Crippen LogP contribution in [0.4, 0.5) is 11.4 Å². The summed E-state index contributed by atoms with van der Waals surface area (Å²) in [6.45, 7) is 2.19. The summed E-state index contributed by atoms with van der Waals surface area (Å²) in [5, 5.41) is 12.1. The average Bonchev–Trinajstić information content (AvgIpc) is 3.04. The molecule has 4 rings (SSSR count). The minimum Gasteiger partial charge on any atom is -0.490 e. The first-order valence-electron chi connectivity index (χ1n) is 9.18. The lowest BCUT2D eigenvalue weighted by Gasteiger charge is -2.16. The summed E-state index contributed by atoms with van der Waals surface area (Å²) in [7, 11) is -2.73. The van der Waals surface area contributed by atoms with Gasteiger partial charge in [-0.3, -0.25) is 14.8 Å². The molecule has 0 amide bonds. The number of anilines is 1. The van der Waals surface area contributed by atoms with Gasteiger partial charge in [0, 0.05) is 29.1 Å². The third-order valence-electron chi connectivity index (χ3n) is 5.20. The number of nitro benzene ring substituents is 1. The maximum absolute atomic E-state index is 12.8. The van der Waals surface area contributed by atoms with Gasteiger partial charge in [-0.1, -0.05) is 6.92 Å². The Morgan fingerprint density at radius 2 is 2.03 bits per heavy atom. The Hall–Kier alpha value is -3.07. The summed E-state index contributed by atoms with van der Waals surface area (Å²) < 4.78 is 38.9. The van der Waals surface area contributed by atoms with E-state index >= 15 is 0 Å². The highest BCUT2D eigenvalue weighted by Gasteiger charge is 2.24. The molecule has 29 heavy (non-hydrogen) atoms. The number of nitro groups is 1. The number of hydrogen-bond acceptors (Lipinski definition) is 6. The maximum Gasteiger partial charge on any atom is 0.312 e. The van der Waals surface area contributed by atoms with Crippen molar-refractivity contribution in [2.24, 2.45) is 5.92 Å². The first-order chi connectivity index (χ1) is 13.8. The van der Waals surface area contributed by atoms with Crippen molar-refractivity contribution in [2.45, 2.75) is 31.1 Å². The molecule has 1 aliphatic carbocycles. The molecule has 1 atom stereocenters. The zero-order valence-electron chi connectivity index (χ0n) is 16.0. The predicted molar refractivity (Wildman–Crippen MR) is 108 cm³/mol. The van der Waals surface area contributed by atoms with Crippen LogP contribution in [0.25, 0.3) is 11.0 Å². The van der Waals surface area contributed by atoms with Crippen LogP contribution < -0.4 is 9.46 Å². The number of sulfonamides is 1. The molecule has 3 aromatic rings. The largest absolute Gasteiger partial charge is 0.490 e. The number of furan rings is 1. The molecular weight excluding hydrogens is 396 g/mol. The molecule has 0 saturated carbocycles. The van der Waals surface area contributed by atoms with E-state index in [1.807, 2.05) is 0 Å². The molecule has 1 aromatic heterocycles. The van der Waals surface area contributed by atoms with Crippen molar-refractivity contribution in [3.63, 3.8) is 0 Å². The Morgan fingerprint density at radius 3 is 2.76 bits per heavy atom. The molecule has 0 spiro atoms. The Bertz CT molecular complexity index is 1220. The lowest BCUT2D eigenvalue weighted by atomic mass is 9.88. The molecule has 2 aromatic carbocycles. The Labute approximate surface area is 167 Å². The highest BCUT2D eigenvalue weighted by molar-refractivity contribution is 7.92. The number of methoxy groups -OCH3 is 1. The van der Waals surface area contributed by atoms with Gasteiger partial charge in [-0.25, -0.2) is 8.42 Å². The van der Waals surface area contributed by atoms with Crippen LogP contribution in [0.15, 0.2) is 45.7 Å². The fraction of sp³-hybridized carbons (Fsp3) is 0.300. The highest BCUT2D eigenvalue weighted by Crippen LogP contribution is 2.36. The van der Waals surface area contributed by atoms with Gasteiger partial charge in [-0.05, 0) is 49.1 Å². The van der Waals surface area contributed by atoms with Crippen molar-refractivity contribution >= 4 is 32.4 Å². The molecule has 0 unspecified atom stereocenters. The van der Waals surface area contributed by atoms with E-state index in [9.17, 15) is 18.5 Å². The third-order valence-corrected chi connectivity index (χ3v) is 6.58. The van der Waals surface area contributed by atoms with Gasteiger partial charge in [0.2, 0.25) is 0 Å². The number of nitrogens with one attached hydrogen (secondary N) is 1. The number of nitrogens with zero attached hydrogens (tertiary/aromatic N) is 1. The van der Waals surface area contributed by atoms with Crippen LogP contribution in [-0.2, 0) is 22.9 Å². The molecule has 0 radical (unpaired) electrons. The van der Waals surface area contributed by atoms with E-state index in [2.05, 4.69) is 11.6 Å². The van der Waals surface area contributed by atoms with Crippen molar-refractivity contribution in [3.05, 3.63) is 57.8 Å². The van der Waals surface area contributed by atoms with Gasteiger partial charge in [-0.15, -0.1) is 0 Å². The third kappa shape index (κ3) is 3.53. The zero-order chi connectivity index (χ0) is 20.8. The average molecular weight is 416 g/mol. The van der Waals surface area contributed by atoms with Crippen LogP contribution in [0.2, 0.25) is 0 Å². The molecule has 0 bridgehead atoms. The molecule has 8 nitrogen and oxygen atoms in total. The van der Waals surface area contributed by atoms with Crippen LogP contribution in [0.1, 0.15) is 24.7 Å². The molecule has 0 aliphatic heterocycles. The molecule has 0 saturated heterocycles. The maximum atomic E-state index is 12.8. The van der Waals surface area contributed by atoms with E-state index in [-0.39, 0.29) is 10.6 Å². The van der Waals surface area contributed by atoms with Crippen molar-refractivity contribution in [1.82, 2.24) is 0 Å². The van der Waals surface area contributed by atoms with Gasteiger partial charge in [0.05, 0.1) is 16.9 Å². The van der Waals surface area contributed by atoms with Crippen molar-refractivity contribution < 1.29 is 22.5 Å². The minimum atomic E-state index is -4.02. The number of aryl methyl sites for hydroxylation is 1. The van der Waals surface area contributed by atoms with Crippen LogP contribution >= 0.6 is 0 Å². The van der Waals surface area contributed by atoms with Crippen molar-refractivity contribution in [1.29, 1.82) is 0 Å². The summed E-state index contributed by atoms with van der Waals surface area (Å²) in [5.41, 5.74) is 1.81. The van der Waals surface area contributed by atoms with E-state index < -0.39 is 20.6 Å². The summed E-state index contributed by atoms with van der Waals surface area (Å²) in [6.07, 6.45) is 2.84. The monoisotopic (exact) mass is 416 g/mol. The summed E-state index contributed by atoms with van der Waals surface area (Å²) in [4.78, 5) is 10.3. The second-order valence-electron chi connectivity index (χ2n) is 7.26. The zero-order valence-corrected chi connectivity index (χ0v) is 16.8. The lowest BCUT2D eigenvalue weighted by Crippen LogP contribution is -2.13. The van der Waals surface area contributed by atoms with E-state index in [1.165, 1.54) is 19.2 Å². The fourth-order valence-corrected chi connectivity index (χ4v) is 4.78. The summed E-state index contributed by atoms with van der Waals surface area (Å²) in [6, 6.07) is 8.65. The smallest absolute Gasteiger partial charge is 0.312 e. The van der Waals surface area contributed by atoms with Crippen LogP contribution in [-0.4, -0.2) is 20.5 Å². The van der Waals surface area contributed by atoms with Crippen LogP contribution in [0, 0.1) is 16.0 Å². The Morgan fingerprint density at radius 1 is 1.24 bits per heavy atom. The minimum absolute atomic E-state index is 0.00508. The topological polar surface area (TPSA) is 112 Å². The quantitative estimate of drug-likeness (QED) is 0.491. The van der Waals surface area contributed by atoms with Crippen molar-refractivity contribution in [2.75, 3.05) is 11.8 Å². The predicted octanol–water partition coefficient (Wildman–Crippen LogP) is 4.28. The molecule has 1 aliphatic rings. The first kappa shape index (κ1) is 19.3. The Balaban J connectivity index is 1.70. The molecule has 1 heterocycles. The molecule has 1 N–H and O–H groups in total. The Kier molecular flexibility index (Phi) is 4.70. The molecule has 0 fully saturated rings. The number of ether oxygens (including phenoxy) is 1. The SMILES string of the molecule is COc1ccc(S(=O)(=O)Nc2ccc3oc4c(c3c2)C[C@H](C)CC4)cc1[N+](=O)[O-]. The van der Waals surface area contributed by atoms with Crippen molar-refractivity contribution in [3.8, 4) is 5.75 Å². The van der Waals surface area contributed by atoms with Gasteiger partial charge < -0.3 is 9.15 Å². The molecular formula is C20H20N2O6S. The number of hydrogen-bond donors (Lipinski definition) is 1. The summed E-state index contributed by atoms with van der Waals surface area (Å²) >= 11 is 0. The number of benzene rings is 2. The second-order valence-corrected chi connectivity index (χ2v) is 8.94. The standard InChI is InChI=1S/C20H20N2O6S/c1-12-3-6-18-15(9-12)16-10-13(4-7-19(16)28-18)21-29(25,26)14-5-8-20(27-2)17(11-14)22(23)24/h4-5,7-8,10-12,21H,3,6,9H2,1-2H3/t12-/m1/s1. The van der Waals surface area contributed by atoms with E-state index in [0.29, 0.717) is 11.6 Å². The van der Waals surface area contributed by atoms with E-state index in [0.717, 1.165) is 47.6 Å². The van der Waals surface area contributed by atoms with Gasteiger partial charge in [-0.2, -0.15) is 0 Å². The normalized spacial score (nSPS) is 16.4. The van der Waals surface area contributed by atoms with Crippen LogP contribution in [0.5, 0.6) is 5.75 Å². The van der Waals surface area contributed by atoms with Gasteiger partial charge in [0.1, 0.15) is 11.3 Å². The summed E-state index contributed by atoms with van der Waals surface area (Å²) in [5.74, 6) is 1.50. The number of fused-ring (bicyclic) bond motifs is 3. The fourth-order valence-electron chi connectivity index (χ4n) is 3.71. The van der Waals surface area contributed by atoms with E-state index in [1.54, 1.807) is 18.2 Å². The van der Waals surface area contributed by atoms with Gasteiger partial charge >= 0.3 is 5.69 Å². The molecule has 9 heteroatoms. The van der Waals surface area contributed by atoms with E-state index in [4.69, 9.17) is 9.15 Å². The first-order valence-corrected chi connectivity index (χ1v) is 10.7. The number of rotatable bonds is 5. The van der Waals surface area contributed by atoms with Crippen LogP contribution in [0.3, 0.4) is 0 Å². The lowest BCUT2D eigenvalue weighted by molar-refractivity contribution is -0.386.